The van der Waals surface area contributed by atoms with Gasteiger partial charge < -0.3 is 9.47 Å². The molecule has 0 atom stereocenters. The molecule has 0 N–H and O–H groups in total. The molecule has 4 aromatic rings. The molecule has 2 fully saturated rings. The van der Waals surface area contributed by atoms with Crippen molar-refractivity contribution in [2.45, 2.75) is 44.6 Å². The van der Waals surface area contributed by atoms with Crippen LogP contribution < -0.4 is 4.90 Å². The van der Waals surface area contributed by atoms with Gasteiger partial charge in [-0.25, -0.2) is 0 Å². The van der Waals surface area contributed by atoms with Gasteiger partial charge in [-0.15, -0.1) is 0 Å². The van der Waals surface area contributed by atoms with Crippen LogP contribution in [0.4, 0.5) is 5.69 Å². The topological polar surface area (TPSA) is 48.1 Å². The number of aryl methyl sites for hydroxylation is 2. The number of nitriles is 1. The average molecular weight is 464 g/mol. The number of piperazine rings is 1. The van der Waals surface area contributed by atoms with Crippen LogP contribution in [0.25, 0.3) is 21.8 Å². The molecule has 0 radical (unpaired) electrons. The normalized spacial score (nSPS) is 21.5. The summed E-state index contributed by atoms with van der Waals surface area (Å²) in [5.74, 6) is 0.593. The van der Waals surface area contributed by atoms with Gasteiger partial charge in [0.15, 0.2) is 0 Å². The summed E-state index contributed by atoms with van der Waals surface area (Å²) < 4.78 is 2.22. The number of hydrogen-bond acceptors (Lipinski definition) is 4. The molecule has 2 aliphatic rings. The largest absolute Gasteiger partial charge is 0.367 e. The first kappa shape index (κ1) is 22.1. The third-order valence-corrected chi connectivity index (χ3v) is 8.29. The third-order valence-electron chi connectivity index (χ3n) is 8.29. The Labute approximate surface area is 207 Å². The Bertz CT molecular complexity index is 1410. The average Bonchev–Trinajstić information content (AvgIpc) is 3.24. The van der Waals surface area contributed by atoms with Crippen molar-refractivity contribution in [3.8, 4) is 6.07 Å². The van der Waals surface area contributed by atoms with E-state index in [-0.39, 0.29) is 0 Å². The SMILES string of the molecule is Cc1cc(N2CCN(C3CCC(c4cn(C)c5ccc(C#N)cc45)CC3)CC2)c2ncccc2c1. The number of nitrogens with zero attached hydrogens (tertiary/aromatic N) is 5. The zero-order valence-electron chi connectivity index (χ0n) is 20.7. The van der Waals surface area contributed by atoms with Crippen molar-refractivity contribution in [2.75, 3.05) is 31.1 Å². The number of hydrogen-bond donors (Lipinski definition) is 0. The minimum absolute atomic E-state index is 0.593. The van der Waals surface area contributed by atoms with Gasteiger partial charge in [0.05, 0.1) is 22.8 Å². The summed E-state index contributed by atoms with van der Waals surface area (Å²) in [4.78, 5) is 9.97. The lowest BCUT2D eigenvalue weighted by Crippen LogP contribution is -2.51. The summed E-state index contributed by atoms with van der Waals surface area (Å²) in [6.45, 7) is 6.56. The molecule has 1 saturated carbocycles. The number of anilines is 1. The van der Waals surface area contributed by atoms with Crippen LogP contribution in [0.3, 0.4) is 0 Å². The first-order valence-corrected chi connectivity index (χ1v) is 12.9. The van der Waals surface area contributed by atoms with E-state index >= 15 is 0 Å². The van der Waals surface area contributed by atoms with Crippen LogP contribution in [-0.2, 0) is 7.05 Å². The third kappa shape index (κ3) is 4.06. The summed E-state index contributed by atoms with van der Waals surface area (Å²) >= 11 is 0. The second-order valence-electron chi connectivity index (χ2n) is 10.4. The zero-order valence-corrected chi connectivity index (χ0v) is 20.7. The molecule has 0 amide bonds. The molecule has 178 valence electrons. The first-order valence-electron chi connectivity index (χ1n) is 12.9. The van der Waals surface area contributed by atoms with E-state index in [4.69, 9.17) is 4.98 Å². The molecule has 2 aromatic carbocycles. The first-order chi connectivity index (χ1) is 17.1. The molecular formula is C30H33N5. The van der Waals surface area contributed by atoms with Crippen molar-refractivity contribution in [1.82, 2.24) is 14.5 Å². The Morgan fingerprint density at radius 2 is 1.77 bits per heavy atom. The summed E-state index contributed by atoms with van der Waals surface area (Å²) in [5, 5.41) is 11.9. The van der Waals surface area contributed by atoms with Crippen LogP contribution in [0.1, 0.15) is 48.3 Å². The lowest BCUT2D eigenvalue weighted by Gasteiger charge is -2.42. The van der Waals surface area contributed by atoms with E-state index in [0.29, 0.717) is 12.0 Å². The fourth-order valence-corrected chi connectivity index (χ4v) is 6.46. The van der Waals surface area contributed by atoms with Crippen molar-refractivity contribution >= 4 is 27.5 Å². The Hall–Kier alpha value is -3.36. The van der Waals surface area contributed by atoms with Crippen LogP contribution in [0, 0.1) is 18.3 Å². The van der Waals surface area contributed by atoms with Gasteiger partial charge in [-0.05, 0) is 86.1 Å². The highest BCUT2D eigenvalue weighted by molar-refractivity contribution is 5.91. The van der Waals surface area contributed by atoms with E-state index in [2.05, 4.69) is 70.9 Å². The second-order valence-corrected chi connectivity index (χ2v) is 10.4. The van der Waals surface area contributed by atoms with Gasteiger partial charge in [-0.3, -0.25) is 9.88 Å². The summed E-state index contributed by atoms with van der Waals surface area (Å²) in [5.41, 5.74) is 7.14. The van der Waals surface area contributed by atoms with E-state index in [0.717, 1.165) is 37.3 Å². The van der Waals surface area contributed by atoms with Crippen molar-refractivity contribution in [1.29, 1.82) is 5.26 Å². The minimum Gasteiger partial charge on any atom is -0.367 e. The van der Waals surface area contributed by atoms with E-state index in [9.17, 15) is 5.26 Å². The van der Waals surface area contributed by atoms with Crippen LogP contribution in [0.2, 0.25) is 0 Å². The van der Waals surface area contributed by atoms with Gasteiger partial charge >= 0.3 is 0 Å². The molecule has 5 heteroatoms. The highest BCUT2D eigenvalue weighted by Crippen LogP contribution is 2.39. The van der Waals surface area contributed by atoms with E-state index in [1.807, 2.05) is 18.3 Å². The molecule has 1 aliphatic heterocycles. The van der Waals surface area contributed by atoms with E-state index in [1.54, 1.807) is 0 Å². The quantitative estimate of drug-likeness (QED) is 0.388. The van der Waals surface area contributed by atoms with Gasteiger partial charge in [0.25, 0.3) is 0 Å². The molecule has 35 heavy (non-hydrogen) atoms. The van der Waals surface area contributed by atoms with Crippen molar-refractivity contribution in [3.63, 3.8) is 0 Å². The van der Waals surface area contributed by atoms with Crippen molar-refractivity contribution in [2.24, 2.45) is 7.05 Å². The molecule has 0 bridgehead atoms. The zero-order chi connectivity index (χ0) is 23.9. The van der Waals surface area contributed by atoms with Crippen molar-refractivity contribution < 1.29 is 0 Å². The Morgan fingerprint density at radius 3 is 2.54 bits per heavy atom. The number of rotatable bonds is 3. The molecule has 0 spiro atoms. The number of aromatic nitrogens is 2. The van der Waals surface area contributed by atoms with Gasteiger partial charge in [0, 0.05) is 68.0 Å². The number of fused-ring (bicyclic) bond motifs is 2. The number of pyridine rings is 1. The molecule has 2 aromatic heterocycles. The molecule has 0 unspecified atom stereocenters. The standard InChI is InChI=1S/C30H33N5/c1-21-16-24-4-3-11-32-30(24)29(17-21)35-14-12-34(13-15-35)25-8-6-23(7-9-25)27-20-33(2)28-10-5-22(19-31)18-26(27)28/h3-5,10-11,16-18,20,23,25H,6-9,12-15H2,1-2H3. The second kappa shape index (κ2) is 9.02. The van der Waals surface area contributed by atoms with Gasteiger partial charge in [-0.1, -0.05) is 6.07 Å². The van der Waals surface area contributed by atoms with Crippen LogP contribution in [0.15, 0.2) is 54.9 Å². The number of benzene rings is 2. The molecule has 3 heterocycles. The highest BCUT2D eigenvalue weighted by atomic mass is 15.3. The van der Waals surface area contributed by atoms with Gasteiger partial charge in [0.2, 0.25) is 0 Å². The van der Waals surface area contributed by atoms with Crippen LogP contribution in [0.5, 0.6) is 0 Å². The Kier molecular flexibility index (Phi) is 5.70. The smallest absolute Gasteiger partial charge is 0.0991 e. The fourth-order valence-electron chi connectivity index (χ4n) is 6.46. The van der Waals surface area contributed by atoms with Gasteiger partial charge in [-0.2, -0.15) is 5.26 Å². The van der Waals surface area contributed by atoms with Gasteiger partial charge in [0.1, 0.15) is 0 Å². The fraction of sp³-hybridized carbons (Fsp3) is 0.400. The molecule has 1 saturated heterocycles. The maximum atomic E-state index is 9.37. The molecule has 5 nitrogen and oxygen atoms in total. The maximum Gasteiger partial charge on any atom is 0.0991 e. The maximum absolute atomic E-state index is 9.37. The Balaban J connectivity index is 1.12. The van der Waals surface area contributed by atoms with Crippen LogP contribution >= 0.6 is 0 Å². The molecular weight excluding hydrogens is 430 g/mol. The highest BCUT2D eigenvalue weighted by Gasteiger charge is 2.30. The van der Waals surface area contributed by atoms with Crippen molar-refractivity contribution in [3.05, 3.63) is 71.5 Å². The predicted octanol–water partition coefficient (Wildman–Crippen LogP) is 5.76. The molecule has 6 rings (SSSR count). The Morgan fingerprint density at radius 1 is 0.971 bits per heavy atom. The summed E-state index contributed by atoms with van der Waals surface area (Å²) in [7, 11) is 2.12. The summed E-state index contributed by atoms with van der Waals surface area (Å²) in [6, 6.07) is 17.8. The summed E-state index contributed by atoms with van der Waals surface area (Å²) in [6.07, 6.45) is 9.19. The van der Waals surface area contributed by atoms with E-state index in [1.165, 1.54) is 58.8 Å². The lowest BCUT2D eigenvalue weighted by molar-refractivity contribution is 0.141. The van der Waals surface area contributed by atoms with Crippen LogP contribution in [-0.4, -0.2) is 46.7 Å². The molecule has 1 aliphatic carbocycles. The monoisotopic (exact) mass is 463 g/mol. The van der Waals surface area contributed by atoms with E-state index < -0.39 is 0 Å². The lowest BCUT2D eigenvalue weighted by atomic mass is 9.81. The minimum atomic E-state index is 0.593. The predicted molar refractivity (Wildman–Crippen MR) is 143 cm³/mol.